The van der Waals surface area contributed by atoms with Gasteiger partial charge in [-0.25, -0.2) is 0 Å². The molecule has 5 aromatic rings. The smallest absolute Gasteiger partial charge is 0.247 e. The van der Waals surface area contributed by atoms with Crippen molar-refractivity contribution in [3.8, 4) is 5.69 Å². The first-order valence-electron chi connectivity index (χ1n) is 10.6. The maximum atomic E-state index is 2.56. The first kappa shape index (κ1) is 16.8. The highest BCUT2D eigenvalue weighted by Gasteiger charge is 2.38. The predicted octanol–water partition coefficient (Wildman–Crippen LogP) is 5.00. The van der Waals surface area contributed by atoms with E-state index >= 15 is 0 Å². The zero-order chi connectivity index (χ0) is 20.1. The van der Waals surface area contributed by atoms with E-state index in [4.69, 9.17) is 0 Å². The molecule has 0 saturated carbocycles. The Bertz CT molecular complexity index is 1540. The van der Waals surface area contributed by atoms with E-state index in [2.05, 4.69) is 92.1 Å². The van der Waals surface area contributed by atoms with Crippen LogP contribution >= 0.6 is 11.8 Å². The highest BCUT2D eigenvalue weighted by Crippen LogP contribution is 2.46. The van der Waals surface area contributed by atoms with Crippen LogP contribution in [0.4, 0.5) is 0 Å². The normalized spacial score (nSPS) is 13.6. The molecule has 0 radical (unpaired) electrons. The van der Waals surface area contributed by atoms with Crippen LogP contribution in [0.5, 0.6) is 0 Å². The van der Waals surface area contributed by atoms with Crippen molar-refractivity contribution >= 4 is 56.7 Å². The molecule has 7 rings (SSSR count). The van der Waals surface area contributed by atoms with E-state index in [1.165, 1.54) is 70.4 Å². The third-order valence-corrected chi connectivity index (χ3v) is 8.02. The van der Waals surface area contributed by atoms with Gasteiger partial charge in [-0.05, 0) is 43.8 Å². The summed E-state index contributed by atoms with van der Waals surface area (Å²) in [6, 6.07) is 25.2. The Morgan fingerprint density at radius 3 is 2.13 bits per heavy atom. The SMILES string of the molecule is Cc1cc(C)c(B2c3cccc4c3-n3c5c(cccc5c5cccc2c53)S4)c(C)c1. The lowest BCUT2D eigenvalue weighted by Gasteiger charge is -2.32. The second kappa shape index (κ2) is 5.62. The molecule has 0 N–H and O–H groups in total. The van der Waals surface area contributed by atoms with Crippen LogP contribution in [0.25, 0.3) is 27.5 Å². The fourth-order valence-corrected chi connectivity index (χ4v) is 7.12. The number of fused-ring (bicyclic) bond motifs is 1. The van der Waals surface area contributed by atoms with Gasteiger partial charge in [-0.3, -0.25) is 0 Å². The summed E-state index contributed by atoms with van der Waals surface area (Å²) >= 11 is 1.92. The van der Waals surface area contributed by atoms with Crippen molar-refractivity contribution in [3.05, 3.63) is 83.4 Å². The average Bonchev–Trinajstić information content (AvgIpc) is 3.07. The van der Waals surface area contributed by atoms with Gasteiger partial charge in [-0.1, -0.05) is 88.5 Å². The number of aromatic nitrogens is 1. The molecule has 4 aromatic carbocycles. The van der Waals surface area contributed by atoms with Gasteiger partial charge in [0.05, 0.1) is 11.2 Å². The molecule has 0 unspecified atom stereocenters. The summed E-state index contributed by atoms with van der Waals surface area (Å²) in [6.07, 6.45) is 0. The minimum atomic E-state index is 0.267. The van der Waals surface area contributed by atoms with Crippen molar-refractivity contribution in [2.45, 2.75) is 30.6 Å². The van der Waals surface area contributed by atoms with Crippen LogP contribution in [0.1, 0.15) is 16.7 Å². The zero-order valence-corrected chi connectivity index (χ0v) is 18.1. The Morgan fingerprint density at radius 1 is 0.700 bits per heavy atom. The fourth-order valence-electron chi connectivity index (χ4n) is 5.99. The number of aryl methyl sites for hydroxylation is 3. The Morgan fingerprint density at radius 2 is 1.33 bits per heavy atom. The molecule has 3 heteroatoms. The van der Waals surface area contributed by atoms with Gasteiger partial charge >= 0.3 is 0 Å². The van der Waals surface area contributed by atoms with Crippen LogP contribution in [0.15, 0.2) is 76.5 Å². The molecule has 0 aliphatic carbocycles. The summed E-state index contributed by atoms with van der Waals surface area (Å²) in [5.74, 6) is 0. The molecule has 0 amide bonds. The second-order valence-corrected chi connectivity index (χ2v) is 9.86. The van der Waals surface area contributed by atoms with E-state index in [0.29, 0.717) is 0 Å². The Hall–Kier alpha value is -2.91. The topological polar surface area (TPSA) is 4.93 Å². The van der Waals surface area contributed by atoms with E-state index < -0.39 is 0 Å². The Kier molecular flexibility index (Phi) is 3.15. The molecule has 2 aliphatic rings. The predicted molar refractivity (Wildman–Crippen MR) is 130 cm³/mol. The maximum Gasteiger partial charge on any atom is 0.247 e. The van der Waals surface area contributed by atoms with E-state index in [1.807, 2.05) is 11.8 Å². The van der Waals surface area contributed by atoms with Gasteiger partial charge in [0.2, 0.25) is 6.71 Å². The van der Waals surface area contributed by atoms with E-state index in [9.17, 15) is 0 Å². The second-order valence-electron chi connectivity index (χ2n) is 8.77. The standard InChI is InChI=1S/C27H20BNS/c1-15-13-16(2)24(17(3)14-15)28-20-9-4-7-18-19-8-5-11-22-26(19)29(25(18)20)27-21(28)10-6-12-23(27)30-22/h4-14H,1-3H3. The molecular weight excluding hydrogens is 381 g/mol. The fraction of sp³-hybridized carbons (Fsp3) is 0.111. The van der Waals surface area contributed by atoms with E-state index in [-0.39, 0.29) is 6.71 Å². The van der Waals surface area contributed by atoms with Gasteiger partial charge in [0, 0.05) is 26.1 Å². The van der Waals surface area contributed by atoms with Gasteiger partial charge in [0.15, 0.2) is 0 Å². The highest BCUT2D eigenvalue weighted by atomic mass is 32.2. The largest absolute Gasteiger partial charge is 0.308 e. The molecule has 0 spiro atoms. The third kappa shape index (κ3) is 1.92. The van der Waals surface area contributed by atoms with Crippen LogP contribution in [0.3, 0.4) is 0 Å². The molecule has 3 heterocycles. The summed E-state index contributed by atoms with van der Waals surface area (Å²) in [5, 5.41) is 2.75. The highest BCUT2D eigenvalue weighted by molar-refractivity contribution is 7.99. The lowest BCUT2D eigenvalue weighted by molar-refractivity contribution is 1.10. The van der Waals surface area contributed by atoms with Crippen LogP contribution in [-0.2, 0) is 0 Å². The van der Waals surface area contributed by atoms with Gasteiger partial charge < -0.3 is 4.57 Å². The van der Waals surface area contributed by atoms with E-state index in [0.717, 1.165) is 0 Å². The van der Waals surface area contributed by atoms with Crippen molar-refractivity contribution in [1.29, 1.82) is 0 Å². The number of rotatable bonds is 1. The zero-order valence-electron chi connectivity index (χ0n) is 17.3. The maximum absolute atomic E-state index is 2.56. The van der Waals surface area contributed by atoms with Crippen molar-refractivity contribution in [1.82, 2.24) is 4.57 Å². The summed E-state index contributed by atoms with van der Waals surface area (Å²) in [5.41, 5.74) is 12.6. The molecule has 1 nitrogen and oxygen atoms in total. The number of hydrogen-bond donors (Lipinski definition) is 0. The van der Waals surface area contributed by atoms with Crippen LogP contribution < -0.4 is 16.4 Å². The summed E-state index contributed by atoms with van der Waals surface area (Å²) in [4.78, 5) is 2.73. The molecule has 2 aliphatic heterocycles. The van der Waals surface area contributed by atoms with E-state index in [1.54, 1.807) is 0 Å². The molecular formula is C27H20BNS. The number of nitrogens with zero attached hydrogens (tertiary/aromatic N) is 1. The molecule has 0 atom stereocenters. The van der Waals surface area contributed by atoms with Crippen LogP contribution in [0, 0.1) is 20.8 Å². The monoisotopic (exact) mass is 401 g/mol. The first-order valence-corrected chi connectivity index (χ1v) is 11.4. The van der Waals surface area contributed by atoms with Gasteiger partial charge in [-0.2, -0.15) is 0 Å². The Balaban J connectivity index is 1.73. The quantitative estimate of drug-likeness (QED) is 0.351. The van der Waals surface area contributed by atoms with Crippen LogP contribution in [-0.4, -0.2) is 11.3 Å². The summed E-state index contributed by atoms with van der Waals surface area (Å²) in [6.45, 7) is 7.03. The molecule has 1 aromatic heterocycles. The minimum Gasteiger partial charge on any atom is -0.308 e. The molecule has 142 valence electrons. The third-order valence-electron chi connectivity index (χ3n) is 6.93. The number of hydrogen-bond acceptors (Lipinski definition) is 1. The molecule has 0 bridgehead atoms. The average molecular weight is 401 g/mol. The van der Waals surface area contributed by atoms with Crippen molar-refractivity contribution in [2.75, 3.05) is 0 Å². The lowest BCUT2D eigenvalue weighted by Crippen LogP contribution is -2.57. The van der Waals surface area contributed by atoms with Crippen molar-refractivity contribution in [2.24, 2.45) is 0 Å². The Labute approximate surface area is 180 Å². The van der Waals surface area contributed by atoms with Crippen molar-refractivity contribution in [3.63, 3.8) is 0 Å². The summed E-state index contributed by atoms with van der Waals surface area (Å²) < 4.78 is 2.56. The van der Waals surface area contributed by atoms with Gasteiger partial charge in [0.25, 0.3) is 0 Å². The van der Waals surface area contributed by atoms with Crippen molar-refractivity contribution < 1.29 is 0 Å². The first-order chi connectivity index (χ1) is 14.6. The minimum absolute atomic E-state index is 0.267. The van der Waals surface area contributed by atoms with Crippen LogP contribution in [0.2, 0.25) is 0 Å². The molecule has 30 heavy (non-hydrogen) atoms. The number of para-hydroxylation sites is 3. The lowest BCUT2D eigenvalue weighted by atomic mass is 9.34. The van der Waals surface area contributed by atoms with Gasteiger partial charge in [0.1, 0.15) is 0 Å². The molecule has 0 fully saturated rings. The number of benzene rings is 4. The van der Waals surface area contributed by atoms with Gasteiger partial charge in [-0.15, -0.1) is 0 Å². The summed E-state index contributed by atoms with van der Waals surface area (Å²) in [7, 11) is 0. The molecule has 0 saturated heterocycles.